The molecule has 4 heteroatoms. The van der Waals surface area contributed by atoms with E-state index in [-0.39, 0.29) is 12.1 Å². The van der Waals surface area contributed by atoms with Crippen LogP contribution in [0, 0.1) is 5.92 Å². The fraction of sp³-hybridized carbons (Fsp3) is 0.786. The molecule has 2 atom stereocenters. The number of hydrogen-bond acceptors (Lipinski definition) is 3. The van der Waals surface area contributed by atoms with Crippen molar-refractivity contribution in [1.29, 1.82) is 0 Å². The van der Waals surface area contributed by atoms with Gasteiger partial charge in [0.05, 0.1) is 12.9 Å². The largest absolute Gasteiger partial charge is 0.394 e. The Bertz CT molecular complexity index is 339. The number of aromatic nitrogens is 2. The Labute approximate surface area is 109 Å². The maximum atomic E-state index is 9.66. The first-order valence-electron chi connectivity index (χ1n) is 7.06. The quantitative estimate of drug-likeness (QED) is 0.758. The second kappa shape index (κ2) is 6.34. The van der Waals surface area contributed by atoms with Gasteiger partial charge in [0.1, 0.15) is 0 Å². The van der Waals surface area contributed by atoms with Crippen molar-refractivity contribution in [2.24, 2.45) is 5.92 Å². The summed E-state index contributed by atoms with van der Waals surface area (Å²) in [5.41, 5.74) is -0.0212. The van der Waals surface area contributed by atoms with Crippen molar-refractivity contribution in [2.75, 3.05) is 13.2 Å². The van der Waals surface area contributed by atoms with E-state index in [1.165, 1.54) is 12.8 Å². The minimum Gasteiger partial charge on any atom is -0.394 e. The lowest BCUT2D eigenvalue weighted by atomic mass is 9.77. The predicted octanol–water partition coefficient (Wildman–Crippen LogP) is 1.80. The van der Waals surface area contributed by atoms with E-state index in [4.69, 9.17) is 0 Å². The van der Waals surface area contributed by atoms with E-state index in [0.29, 0.717) is 0 Å². The standard InChI is InChI=1S/C14H25N3O/c1-13-4-2-5-14(10-13,11-18)16-6-3-8-17-9-7-15-12-17/h7,9,12-13,16,18H,2-6,8,10-11H2,1H3. The highest BCUT2D eigenvalue weighted by Crippen LogP contribution is 2.31. The van der Waals surface area contributed by atoms with Crippen molar-refractivity contribution in [3.8, 4) is 0 Å². The van der Waals surface area contributed by atoms with E-state index in [2.05, 4.69) is 21.8 Å². The van der Waals surface area contributed by atoms with E-state index in [9.17, 15) is 5.11 Å². The molecule has 1 aliphatic rings. The van der Waals surface area contributed by atoms with Gasteiger partial charge in [0.15, 0.2) is 0 Å². The highest BCUT2D eigenvalue weighted by atomic mass is 16.3. The van der Waals surface area contributed by atoms with Crippen LogP contribution in [0.1, 0.15) is 39.0 Å². The molecule has 102 valence electrons. The average Bonchev–Trinajstić information content (AvgIpc) is 2.88. The van der Waals surface area contributed by atoms with Crippen molar-refractivity contribution >= 4 is 0 Å². The van der Waals surface area contributed by atoms with Gasteiger partial charge in [-0.15, -0.1) is 0 Å². The van der Waals surface area contributed by atoms with E-state index in [0.717, 1.165) is 38.3 Å². The Balaban J connectivity index is 1.73. The van der Waals surface area contributed by atoms with Gasteiger partial charge in [-0.3, -0.25) is 0 Å². The van der Waals surface area contributed by atoms with Gasteiger partial charge in [-0.1, -0.05) is 19.8 Å². The number of nitrogens with zero attached hydrogens (tertiary/aromatic N) is 2. The summed E-state index contributed by atoms with van der Waals surface area (Å²) in [6.45, 7) is 4.51. The maximum absolute atomic E-state index is 9.66. The number of aryl methyl sites for hydroxylation is 1. The molecule has 0 bridgehead atoms. The zero-order valence-electron chi connectivity index (χ0n) is 11.3. The Morgan fingerprint density at radius 3 is 3.11 bits per heavy atom. The minimum absolute atomic E-state index is 0.0212. The van der Waals surface area contributed by atoms with Gasteiger partial charge in [-0.05, 0) is 31.7 Å². The van der Waals surface area contributed by atoms with Gasteiger partial charge < -0.3 is 15.0 Å². The molecule has 1 aromatic rings. The Morgan fingerprint density at radius 1 is 1.56 bits per heavy atom. The topological polar surface area (TPSA) is 50.1 Å². The molecule has 1 aliphatic carbocycles. The van der Waals surface area contributed by atoms with Crippen molar-refractivity contribution in [2.45, 2.75) is 51.1 Å². The third-order valence-corrected chi connectivity index (χ3v) is 4.05. The summed E-state index contributed by atoms with van der Waals surface area (Å²) in [6, 6.07) is 0. The Hall–Kier alpha value is -0.870. The molecule has 1 heterocycles. The van der Waals surface area contributed by atoms with Crippen LogP contribution >= 0.6 is 0 Å². The minimum atomic E-state index is -0.0212. The van der Waals surface area contributed by atoms with Crippen molar-refractivity contribution in [1.82, 2.24) is 14.9 Å². The molecule has 1 aromatic heterocycles. The van der Waals surface area contributed by atoms with E-state index >= 15 is 0 Å². The van der Waals surface area contributed by atoms with Crippen LogP contribution in [-0.2, 0) is 6.54 Å². The van der Waals surface area contributed by atoms with Crippen LogP contribution in [0.3, 0.4) is 0 Å². The molecule has 2 unspecified atom stereocenters. The van der Waals surface area contributed by atoms with Crippen LogP contribution in [0.2, 0.25) is 0 Å². The summed E-state index contributed by atoms with van der Waals surface area (Å²) in [5, 5.41) is 13.3. The first-order valence-corrected chi connectivity index (χ1v) is 7.06. The molecule has 0 aromatic carbocycles. The molecule has 1 saturated carbocycles. The molecule has 2 N–H and O–H groups in total. The van der Waals surface area contributed by atoms with Crippen molar-refractivity contribution < 1.29 is 5.11 Å². The fourth-order valence-corrected chi connectivity index (χ4v) is 3.05. The van der Waals surface area contributed by atoms with Crippen LogP contribution in [0.4, 0.5) is 0 Å². The Kier molecular flexibility index (Phi) is 4.78. The highest BCUT2D eigenvalue weighted by Gasteiger charge is 2.33. The second-order valence-electron chi connectivity index (χ2n) is 5.72. The number of imidazole rings is 1. The summed E-state index contributed by atoms with van der Waals surface area (Å²) >= 11 is 0. The SMILES string of the molecule is CC1CCCC(CO)(NCCCn2ccnc2)C1. The van der Waals surface area contributed by atoms with Gasteiger partial charge in [0, 0.05) is 24.5 Å². The summed E-state index contributed by atoms with van der Waals surface area (Å²) in [6.07, 6.45) is 11.5. The summed E-state index contributed by atoms with van der Waals surface area (Å²) in [4.78, 5) is 4.03. The maximum Gasteiger partial charge on any atom is 0.0945 e. The van der Waals surface area contributed by atoms with Crippen LogP contribution in [-0.4, -0.2) is 33.3 Å². The van der Waals surface area contributed by atoms with Gasteiger partial charge in [0.25, 0.3) is 0 Å². The molecule has 0 radical (unpaired) electrons. The van der Waals surface area contributed by atoms with Gasteiger partial charge >= 0.3 is 0 Å². The third kappa shape index (κ3) is 3.56. The molecule has 4 nitrogen and oxygen atoms in total. The smallest absolute Gasteiger partial charge is 0.0945 e. The predicted molar refractivity (Wildman–Crippen MR) is 72.3 cm³/mol. The lowest BCUT2D eigenvalue weighted by molar-refractivity contribution is 0.0994. The van der Waals surface area contributed by atoms with Crippen molar-refractivity contribution in [3.05, 3.63) is 18.7 Å². The molecule has 2 rings (SSSR count). The van der Waals surface area contributed by atoms with Crippen LogP contribution < -0.4 is 5.32 Å². The molecule has 0 saturated heterocycles. The molecular formula is C14H25N3O. The van der Waals surface area contributed by atoms with E-state index in [1.54, 1.807) is 0 Å². The lowest BCUT2D eigenvalue weighted by Gasteiger charge is -2.39. The number of aliphatic hydroxyl groups is 1. The average molecular weight is 251 g/mol. The second-order valence-corrected chi connectivity index (χ2v) is 5.72. The molecule has 0 spiro atoms. The molecule has 18 heavy (non-hydrogen) atoms. The van der Waals surface area contributed by atoms with Crippen LogP contribution in [0.5, 0.6) is 0 Å². The molecule has 0 aliphatic heterocycles. The van der Waals surface area contributed by atoms with Crippen LogP contribution in [0.15, 0.2) is 18.7 Å². The highest BCUT2D eigenvalue weighted by molar-refractivity contribution is 4.92. The Morgan fingerprint density at radius 2 is 2.44 bits per heavy atom. The van der Waals surface area contributed by atoms with Gasteiger partial charge in [0.2, 0.25) is 0 Å². The van der Waals surface area contributed by atoms with Gasteiger partial charge in [-0.2, -0.15) is 0 Å². The number of hydrogen-bond donors (Lipinski definition) is 2. The van der Waals surface area contributed by atoms with E-state index in [1.807, 2.05) is 18.7 Å². The molecule has 1 fully saturated rings. The first-order chi connectivity index (χ1) is 8.74. The normalized spacial score (nSPS) is 28.4. The molecule has 0 amide bonds. The van der Waals surface area contributed by atoms with E-state index < -0.39 is 0 Å². The van der Waals surface area contributed by atoms with Crippen LogP contribution in [0.25, 0.3) is 0 Å². The molecular weight excluding hydrogens is 226 g/mol. The number of nitrogens with one attached hydrogen (secondary N) is 1. The summed E-state index contributed by atoms with van der Waals surface area (Å²) < 4.78 is 2.09. The monoisotopic (exact) mass is 251 g/mol. The summed E-state index contributed by atoms with van der Waals surface area (Å²) in [5.74, 6) is 0.729. The van der Waals surface area contributed by atoms with Crippen molar-refractivity contribution in [3.63, 3.8) is 0 Å². The number of rotatable bonds is 6. The van der Waals surface area contributed by atoms with Gasteiger partial charge in [-0.25, -0.2) is 4.98 Å². The zero-order chi connectivity index (χ0) is 12.8. The first kappa shape index (κ1) is 13.6. The lowest BCUT2D eigenvalue weighted by Crippen LogP contribution is -2.51. The fourth-order valence-electron chi connectivity index (χ4n) is 3.05. The zero-order valence-corrected chi connectivity index (χ0v) is 11.3. The third-order valence-electron chi connectivity index (χ3n) is 4.05. The number of aliphatic hydroxyl groups excluding tert-OH is 1. The summed E-state index contributed by atoms with van der Waals surface area (Å²) in [7, 11) is 0.